The Labute approximate surface area is 102 Å². The van der Waals surface area contributed by atoms with Gasteiger partial charge in [0.25, 0.3) is 5.69 Å². The molecule has 1 N–H and O–H groups in total. The Balaban J connectivity index is 2.80. The average Bonchev–Trinajstić information content (AvgIpc) is 2.29. The van der Waals surface area contributed by atoms with E-state index in [0.29, 0.717) is 9.88 Å². The number of thiocarbonyl (C=S) groups is 1. The fourth-order valence-electron chi connectivity index (χ4n) is 0.963. The van der Waals surface area contributed by atoms with Gasteiger partial charge in [0.05, 0.1) is 16.7 Å². The standard InChI is InChI=1S/C9H9N3O2S2/c1-16-9(15)11-10-6-7-4-2-3-5-8(7)12(13)14/h2-6H,1H3,(H,11,15)/b10-6+. The number of hydrazone groups is 1. The van der Waals surface area contributed by atoms with Gasteiger partial charge in [-0.15, -0.1) is 0 Å². The van der Waals surface area contributed by atoms with Crippen LogP contribution in [0.1, 0.15) is 5.56 Å². The summed E-state index contributed by atoms with van der Waals surface area (Å²) in [7, 11) is 0. The van der Waals surface area contributed by atoms with Crippen molar-refractivity contribution in [2.45, 2.75) is 0 Å². The molecular formula is C9H9N3O2S2. The highest BCUT2D eigenvalue weighted by atomic mass is 32.2. The van der Waals surface area contributed by atoms with Crippen molar-refractivity contribution in [1.82, 2.24) is 5.43 Å². The van der Waals surface area contributed by atoms with Gasteiger partial charge in [0.15, 0.2) is 4.32 Å². The van der Waals surface area contributed by atoms with Crippen LogP contribution in [0, 0.1) is 10.1 Å². The van der Waals surface area contributed by atoms with Gasteiger partial charge in [-0.25, -0.2) is 0 Å². The number of rotatable bonds is 3. The largest absolute Gasteiger partial charge is 0.278 e. The van der Waals surface area contributed by atoms with E-state index >= 15 is 0 Å². The highest BCUT2D eigenvalue weighted by molar-refractivity contribution is 8.22. The van der Waals surface area contributed by atoms with Crippen LogP contribution in [0.25, 0.3) is 0 Å². The van der Waals surface area contributed by atoms with Crippen molar-refractivity contribution in [2.24, 2.45) is 5.10 Å². The number of para-hydroxylation sites is 1. The van der Waals surface area contributed by atoms with Crippen molar-refractivity contribution < 1.29 is 4.92 Å². The maximum Gasteiger partial charge on any atom is 0.278 e. The van der Waals surface area contributed by atoms with Gasteiger partial charge in [-0.3, -0.25) is 15.5 Å². The number of benzene rings is 1. The monoisotopic (exact) mass is 255 g/mol. The molecular weight excluding hydrogens is 246 g/mol. The van der Waals surface area contributed by atoms with Crippen molar-refractivity contribution in [1.29, 1.82) is 0 Å². The summed E-state index contributed by atoms with van der Waals surface area (Å²) in [4.78, 5) is 10.2. The van der Waals surface area contributed by atoms with Gasteiger partial charge >= 0.3 is 0 Å². The number of hydrogen-bond donors (Lipinski definition) is 1. The lowest BCUT2D eigenvalue weighted by Crippen LogP contribution is -2.10. The smallest absolute Gasteiger partial charge is 0.262 e. The van der Waals surface area contributed by atoms with E-state index in [1.165, 1.54) is 24.0 Å². The Morgan fingerprint density at radius 2 is 2.31 bits per heavy atom. The summed E-state index contributed by atoms with van der Waals surface area (Å²) in [5, 5.41) is 14.5. The summed E-state index contributed by atoms with van der Waals surface area (Å²) in [5.74, 6) is 0. The molecule has 0 saturated carbocycles. The topological polar surface area (TPSA) is 67.5 Å². The molecule has 0 unspecified atom stereocenters. The molecule has 7 heteroatoms. The van der Waals surface area contributed by atoms with Crippen LogP contribution in [-0.4, -0.2) is 21.7 Å². The van der Waals surface area contributed by atoms with Gasteiger partial charge < -0.3 is 0 Å². The molecule has 1 rings (SSSR count). The number of hydrogen-bond acceptors (Lipinski definition) is 5. The summed E-state index contributed by atoms with van der Waals surface area (Å²) in [5.41, 5.74) is 3.04. The van der Waals surface area contributed by atoms with Crippen molar-refractivity contribution in [3.8, 4) is 0 Å². The quantitative estimate of drug-likeness (QED) is 0.388. The van der Waals surface area contributed by atoms with Crippen molar-refractivity contribution in [3.63, 3.8) is 0 Å². The van der Waals surface area contributed by atoms with E-state index in [9.17, 15) is 10.1 Å². The molecule has 0 saturated heterocycles. The minimum atomic E-state index is -0.450. The predicted molar refractivity (Wildman–Crippen MR) is 69.9 cm³/mol. The molecule has 0 atom stereocenters. The first kappa shape index (κ1) is 12.6. The average molecular weight is 255 g/mol. The molecule has 5 nitrogen and oxygen atoms in total. The third-order valence-corrected chi connectivity index (χ3v) is 2.73. The fraction of sp³-hybridized carbons (Fsp3) is 0.111. The lowest BCUT2D eigenvalue weighted by atomic mass is 10.2. The zero-order chi connectivity index (χ0) is 12.0. The van der Waals surface area contributed by atoms with Crippen molar-refractivity contribution in [2.75, 3.05) is 6.26 Å². The molecule has 0 aromatic heterocycles. The molecule has 0 bridgehead atoms. The normalized spacial score (nSPS) is 10.3. The number of nitro benzene ring substituents is 1. The number of thioether (sulfide) groups is 1. The Morgan fingerprint density at radius 3 is 2.94 bits per heavy atom. The lowest BCUT2D eigenvalue weighted by Gasteiger charge is -1.98. The summed E-state index contributed by atoms with van der Waals surface area (Å²) in [6.45, 7) is 0. The Morgan fingerprint density at radius 1 is 1.62 bits per heavy atom. The van der Waals surface area contributed by atoms with E-state index in [-0.39, 0.29) is 5.69 Å². The first-order chi connectivity index (χ1) is 7.65. The third-order valence-electron chi connectivity index (χ3n) is 1.68. The minimum Gasteiger partial charge on any atom is -0.262 e. The van der Waals surface area contributed by atoms with Gasteiger partial charge in [0.2, 0.25) is 0 Å². The highest BCUT2D eigenvalue weighted by Gasteiger charge is 2.09. The van der Waals surface area contributed by atoms with Gasteiger partial charge in [-0.1, -0.05) is 36.1 Å². The van der Waals surface area contributed by atoms with E-state index in [2.05, 4.69) is 10.5 Å². The molecule has 0 radical (unpaired) electrons. The van der Waals surface area contributed by atoms with Gasteiger partial charge in [-0.2, -0.15) is 5.10 Å². The molecule has 0 aliphatic carbocycles. The molecule has 0 amide bonds. The van der Waals surface area contributed by atoms with Crippen LogP contribution in [0.2, 0.25) is 0 Å². The summed E-state index contributed by atoms with van der Waals surface area (Å²) in [6, 6.07) is 6.36. The van der Waals surface area contributed by atoms with Crippen LogP contribution >= 0.6 is 24.0 Å². The second-order valence-electron chi connectivity index (χ2n) is 2.68. The maximum atomic E-state index is 10.7. The maximum absolute atomic E-state index is 10.7. The molecule has 84 valence electrons. The minimum absolute atomic E-state index is 0.0168. The molecule has 0 fully saturated rings. The zero-order valence-electron chi connectivity index (χ0n) is 8.41. The summed E-state index contributed by atoms with van der Waals surface area (Å²) < 4.78 is 0.509. The van der Waals surface area contributed by atoms with E-state index in [4.69, 9.17) is 12.2 Å². The zero-order valence-corrected chi connectivity index (χ0v) is 10.0. The van der Waals surface area contributed by atoms with Gasteiger partial charge in [-0.05, 0) is 12.3 Å². The SMILES string of the molecule is CSC(=S)N/N=C/c1ccccc1[N+](=O)[O-]. The highest BCUT2D eigenvalue weighted by Crippen LogP contribution is 2.14. The first-order valence-corrected chi connectivity index (χ1v) is 5.89. The molecule has 0 spiro atoms. The summed E-state index contributed by atoms with van der Waals surface area (Å²) in [6.07, 6.45) is 3.19. The molecule has 0 aliphatic rings. The van der Waals surface area contributed by atoms with E-state index in [1.807, 2.05) is 6.26 Å². The Bertz CT molecular complexity index is 435. The molecule has 0 aliphatic heterocycles. The van der Waals surface area contributed by atoms with Crippen LogP contribution in [0.15, 0.2) is 29.4 Å². The second-order valence-corrected chi connectivity index (χ2v) is 4.16. The number of nitro groups is 1. The lowest BCUT2D eigenvalue weighted by molar-refractivity contribution is -0.385. The molecule has 16 heavy (non-hydrogen) atoms. The van der Waals surface area contributed by atoms with Crippen molar-refractivity contribution >= 4 is 40.2 Å². The first-order valence-electron chi connectivity index (χ1n) is 4.25. The van der Waals surface area contributed by atoms with Crippen LogP contribution in [-0.2, 0) is 0 Å². The van der Waals surface area contributed by atoms with E-state index < -0.39 is 4.92 Å². The van der Waals surface area contributed by atoms with Gasteiger partial charge in [0.1, 0.15) is 0 Å². The van der Waals surface area contributed by atoms with Crippen molar-refractivity contribution in [3.05, 3.63) is 39.9 Å². The van der Waals surface area contributed by atoms with E-state index in [0.717, 1.165) is 0 Å². The second kappa shape index (κ2) is 6.19. The van der Waals surface area contributed by atoms with E-state index in [1.54, 1.807) is 18.2 Å². The Kier molecular flexibility index (Phi) is 4.87. The molecule has 0 heterocycles. The van der Waals surface area contributed by atoms with Crippen LogP contribution in [0.5, 0.6) is 0 Å². The predicted octanol–water partition coefficient (Wildman–Crippen LogP) is 2.17. The molecule has 1 aromatic carbocycles. The number of nitrogens with one attached hydrogen (secondary N) is 1. The van der Waals surface area contributed by atoms with Gasteiger partial charge in [0, 0.05) is 6.07 Å². The Hall–Kier alpha value is -1.47. The third kappa shape index (κ3) is 3.59. The van der Waals surface area contributed by atoms with Crippen LogP contribution in [0.4, 0.5) is 5.69 Å². The van der Waals surface area contributed by atoms with Crippen LogP contribution < -0.4 is 5.43 Å². The van der Waals surface area contributed by atoms with Crippen LogP contribution in [0.3, 0.4) is 0 Å². The summed E-state index contributed by atoms with van der Waals surface area (Å²) >= 11 is 6.20. The fourth-order valence-corrected chi connectivity index (χ4v) is 1.16. The number of nitrogens with zero attached hydrogens (tertiary/aromatic N) is 2. The molecule has 1 aromatic rings.